The third kappa shape index (κ3) is 3.48. The molecule has 1 aromatic rings. The number of esters is 1. The Bertz CT molecular complexity index is 369. The maximum atomic E-state index is 11.3. The van der Waals surface area contributed by atoms with Crippen molar-refractivity contribution >= 4 is 17.7 Å². The summed E-state index contributed by atoms with van der Waals surface area (Å²) in [6, 6.07) is 7.58. The summed E-state index contributed by atoms with van der Waals surface area (Å²) in [7, 11) is 1.40. The van der Waals surface area contributed by atoms with Gasteiger partial charge in [0.25, 0.3) is 0 Å². The molecule has 0 aromatic heterocycles. The third-order valence-electron chi connectivity index (χ3n) is 2.75. The number of rotatable bonds is 3. The second-order valence-corrected chi connectivity index (χ2v) is 5.32. The molecule has 92 valence electrons. The maximum Gasteiger partial charge on any atom is 0.337 e. The minimum Gasteiger partial charge on any atom is -0.465 e. The zero-order chi connectivity index (χ0) is 12.1. The average molecular weight is 252 g/mol. The van der Waals surface area contributed by atoms with Crippen LogP contribution in [0.5, 0.6) is 0 Å². The van der Waals surface area contributed by atoms with Gasteiger partial charge in [-0.15, -0.1) is 11.8 Å². The topological polar surface area (TPSA) is 35.5 Å². The minimum atomic E-state index is -0.285. The molecule has 1 aromatic carbocycles. The van der Waals surface area contributed by atoms with E-state index in [1.54, 1.807) is 0 Å². The van der Waals surface area contributed by atoms with Crippen molar-refractivity contribution in [2.24, 2.45) is 0 Å². The second kappa shape index (κ2) is 6.07. The first-order valence-electron chi connectivity index (χ1n) is 5.72. The van der Waals surface area contributed by atoms with Gasteiger partial charge in [0.1, 0.15) is 0 Å². The van der Waals surface area contributed by atoms with E-state index in [0.717, 1.165) is 26.1 Å². The largest absolute Gasteiger partial charge is 0.465 e. The van der Waals surface area contributed by atoms with Gasteiger partial charge in [0.05, 0.1) is 12.7 Å². The van der Waals surface area contributed by atoms with Crippen molar-refractivity contribution in [3.63, 3.8) is 0 Å². The van der Waals surface area contributed by atoms with Crippen LogP contribution in [0, 0.1) is 0 Å². The Balaban J connectivity index is 1.95. The van der Waals surface area contributed by atoms with Crippen molar-refractivity contribution in [2.75, 3.05) is 20.3 Å². The van der Waals surface area contributed by atoms with Crippen LogP contribution < -0.4 is 0 Å². The SMILES string of the molecule is COC(=O)c1ccc(SC2CCOCC2)cc1. The lowest BCUT2D eigenvalue weighted by Gasteiger charge is -2.21. The van der Waals surface area contributed by atoms with Gasteiger partial charge in [0.15, 0.2) is 0 Å². The van der Waals surface area contributed by atoms with Crippen molar-refractivity contribution < 1.29 is 14.3 Å². The monoisotopic (exact) mass is 252 g/mol. The first-order valence-corrected chi connectivity index (χ1v) is 6.60. The van der Waals surface area contributed by atoms with E-state index < -0.39 is 0 Å². The van der Waals surface area contributed by atoms with E-state index in [4.69, 9.17) is 4.74 Å². The molecule has 1 fully saturated rings. The van der Waals surface area contributed by atoms with E-state index in [9.17, 15) is 4.79 Å². The molecule has 0 spiro atoms. The summed E-state index contributed by atoms with van der Waals surface area (Å²) < 4.78 is 9.99. The van der Waals surface area contributed by atoms with Crippen molar-refractivity contribution in [3.05, 3.63) is 29.8 Å². The van der Waals surface area contributed by atoms with Crippen molar-refractivity contribution in [3.8, 4) is 0 Å². The molecule has 0 radical (unpaired) electrons. The van der Waals surface area contributed by atoms with Gasteiger partial charge in [-0.25, -0.2) is 4.79 Å². The molecule has 0 bridgehead atoms. The Morgan fingerprint density at radius 1 is 1.29 bits per heavy atom. The fraction of sp³-hybridized carbons (Fsp3) is 0.462. The van der Waals surface area contributed by atoms with Crippen LogP contribution in [0.1, 0.15) is 23.2 Å². The highest BCUT2D eigenvalue weighted by atomic mass is 32.2. The Hall–Kier alpha value is -1.00. The molecule has 0 atom stereocenters. The zero-order valence-corrected chi connectivity index (χ0v) is 10.7. The molecule has 0 saturated carbocycles. The molecule has 3 nitrogen and oxygen atoms in total. The highest BCUT2D eigenvalue weighted by Gasteiger charge is 2.15. The van der Waals surface area contributed by atoms with Gasteiger partial charge < -0.3 is 9.47 Å². The number of ether oxygens (including phenoxy) is 2. The summed E-state index contributed by atoms with van der Waals surface area (Å²) >= 11 is 1.86. The van der Waals surface area contributed by atoms with Gasteiger partial charge in [-0.05, 0) is 37.1 Å². The van der Waals surface area contributed by atoms with Gasteiger partial charge in [-0.3, -0.25) is 0 Å². The fourth-order valence-electron chi connectivity index (χ4n) is 1.77. The molecule has 0 aliphatic carbocycles. The first kappa shape index (κ1) is 12.5. The lowest BCUT2D eigenvalue weighted by Crippen LogP contribution is -2.17. The van der Waals surface area contributed by atoms with Crippen molar-refractivity contribution in [1.29, 1.82) is 0 Å². The Labute approximate surface area is 105 Å². The van der Waals surface area contributed by atoms with E-state index in [1.807, 2.05) is 36.0 Å². The lowest BCUT2D eigenvalue weighted by molar-refractivity contribution is 0.0600. The summed E-state index contributed by atoms with van der Waals surface area (Å²) in [6.07, 6.45) is 2.20. The molecule has 0 N–H and O–H groups in total. The van der Waals surface area contributed by atoms with Crippen LogP contribution in [-0.2, 0) is 9.47 Å². The van der Waals surface area contributed by atoms with E-state index in [-0.39, 0.29) is 5.97 Å². The van der Waals surface area contributed by atoms with Crippen LogP contribution in [0.3, 0.4) is 0 Å². The van der Waals surface area contributed by atoms with Gasteiger partial charge in [-0.1, -0.05) is 0 Å². The van der Waals surface area contributed by atoms with Crippen LogP contribution in [0.2, 0.25) is 0 Å². The summed E-state index contributed by atoms with van der Waals surface area (Å²) in [5.41, 5.74) is 0.601. The van der Waals surface area contributed by atoms with Gasteiger partial charge in [0.2, 0.25) is 0 Å². The van der Waals surface area contributed by atoms with E-state index >= 15 is 0 Å². The normalized spacial score (nSPS) is 16.8. The lowest BCUT2D eigenvalue weighted by atomic mass is 10.2. The molecular formula is C13H16O3S. The smallest absolute Gasteiger partial charge is 0.337 e. The first-order chi connectivity index (χ1) is 8.29. The number of methoxy groups -OCH3 is 1. The summed E-state index contributed by atoms with van der Waals surface area (Å²) in [4.78, 5) is 12.5. The zero-order valence-electron chi connectivity index (χ0n) is 9.85. The number of benzene rings is 1. The van der Waals surface area contributed by atoms with Crippen LogP contribution in [-0.4, -0.2) is 31.5 Å². The highest BCUT2D eigenvalue weighted by molar-refractivity contribution is 8.00. The van der Waals surface area contributed by atoms with Gasteiger partial charge in [0, 0.05) is 23.4 Å². The molecule has 0 unspecified atom stereocenters. The fourth-order valence-corrected chi connectivity index (χ4v) is 2.88. The average Bonchev–Trinajstić information content (AvgIpc) is 2.40. The molecule has 2 rings (SSSR count). The number of hydrogen-bond acceptors (Lipinski definition) is 4. The van der Waals surface area contributed by atoms with E-state index in [2.05, 4.69) is 4.74 Å². The third-order valence-corrected chi connectivity index (χ3v) is 4.10. The maximum absolute atomic E-state index is 11.3. The van der Waals surface area contributed by atoms with E-state index in [1.165, 1.54) is 12.0 Å². The Morgan fingerprint density at radius 3 is 2.53 bits per heavy atom. The molecule has 17 heavy (non-hydrogen) atoms. The molecule has 4 heteroatoms. The standard InChI is InChI=1S/C13H16O3S/c1-15-13(14)10-2-4-11(5-3-10)17-12-6-8-16-9-7-12/h2-5,12H,6-9H2,1H3. The van der Waals surface area contributed by atoms with Crippen LogP contribution in [0.25, 0.3) is 0 Å². The molecule has 0 amide bonds. The molecule has 1 aliphatic rings. The minimum absolute atomic E-state index is 0.285. The van der Waals surface area contributed by atoms with E-state index in [0.29, 0.717) is 10.8 Å². The van der Waals surface area contributed by atoms with Crippen molar-refractivity contribution in [1.82, 2.24) is 0 Å². The predicted molar refractivity (Wildman–Crippen MR) is 67.5 cm³/mol. The number of hydrogen-bond donors (Lipinski definition) is 0. The summed E-state index contributed by atoms with van der Waals surface area (Å²) in [5.74, 6) is -0.285. The Morgan fingerprint density at radius 2 is 1.94 bits per heavy atom. The van der Waals surface area contributed by atoms with Crippen LogP contribution >= 0.6 is 11.8 Å². The van der Waals surface area contributed by atoms with Crippen molar-refractivity contribution in [2.45, 2.75) is 23.0 Å². The predicted octanol–water partition coefficient (Wildman–Crippen LogP) is 2.74. The summed E-state index contributed by atoms with van der Waals surface area (Å²) in [5, 5.41) is 0.632. The van der Waals surface area contributed by atoms with Crippen LogP contribution in [0.15, 0.2) is 29.2 Å². The van der Waals surface area contributed by atoms with Gasteiger partial charge in [-0.2, -0.15) is 0 Å². The van der Waals surface area contributed by atoms with Gasteiger partial charge >= 0.3 is 5.97 Å². The second-order valence-electron chi connectivity index (χ2n) is 3.95. The Kier molecular flexibility index (Phi) is 4.45. The number of carbonyl (C=O) groups is 1. The number of carbonyl (C=O) groups excluding carboxylic acids is 1. The molecule has 1 heterocycles. The summed E-state index contributed by atoms with van der Waals surface area (Å²) in [6.45, 7) is 1.72. The highest BCUT2D eigenvalue weighted by Crippen LogP contribution is 2.29. The molecular weight excluding hydrogens is 236 g/mol. The van der Waals surface area contributed by atoms with Crippen LogP contribution in [0.4, 0.5) is 0 Å². The molecule has 1 aliphatic heterocycles. The quantitative estimate of drug-likeness (QED) is 0.775. The number of thioether (sulfide) groups is 1. The molecule has 1 saturated heterocycles.